The van der Waals surface area contributed by atoms with Crippen LogP contribution < -0.4 is 10.1 Å². The Kier molecular flexibility index (Phi) is 3.91. The maximum Gasteiger partial charge on any atom is 0.119 e. The number of hydrogen-bond acceptors (Lipinski definition) is 2. The lowest BCUT2D eigenvalue weighted by molar-refractivity contribution is 0.340. The molecule has 2 aromatic rings. The standard InChI is InChI=1S/C18H21NO/c1-2-20-17-12-10-16(11-13-17)19-18(15-8-9-15)14-6-4-3-5-7-14/h3-7,10-13,15,18-19H,2,8-9H2,1H3. The monoisotopic (exact) mass is 267 g/mol. The number of ether oxygens (including phenoxy) is 1. The second-order valence-corrected chi connectivity index (χ2v) is 5.33. The average Bonchev–Trinajstić information content (AvgIpc) is 3.32. The number of benzene rings is 2. The molecule has 0 spiro atoms. The van der Waals surface area contributed by atoms with E-state index < -0.39 is 0 Å². The van der Waals surface area contributed by atoms with Crippen LogP contribution in [0.2, 0.25) is 0 Å². The van der Waals surface area contributed by atoms with Crippen molar-refractivity contribution in [1.82, 2.24) is 0 Å². The lowest BCUT2D eigenvalue weighted by atomic mass is 10.0. The van der Waals surface area contributed by atoms with E-state index in [1.807, 2.05) is 19.1 Å². The van der Waals surface area contributed by atoms with E-state index in [2.05, 4.69) is 47.8 Å². The van der Waals surface area contributed by atoms with Gasteiger partial charge in [-0.2, -0.15) is 0 Å². The molecule has 0 heterocycles. The first kappa shape index (κ1) is 13.0. The molecule has 20 heavy (non-hydrogen) atoms. The average molecular weight is 267 g/mol. The van der Waals surface area contributed by atoms with Gasteiger partial charge in [0.25, 0.3) is 0 Å². The minimum Gasteiger partial charge on any atom is -0.494 e. The minimum atomic E-state index is 0.425. The van der Waals surface area contributed by atoms with Crippen LogP contribution in [0.3, 0.4) is 0 Å². The molecular formula is C18H21NO. The summed E-state index contributed by atoms with van der Waals surface area (Å²) in [5.74, 6) is 1.70. The van der Waals surface area contributed by atoms with Crippen molar-refractivity contribution in [2.45, 2.75) is 25.8 Å². The Labute approximate surface area is 120 Å². The van der Waals surface area contributed by atoms with E-state index in [0.717, 1.165) is 17.4 Å². The van der Waals surface area contributed by atoms with E-state index in [9.17, 15) is 0 Å². The summed E-state index contributed by atoms with van der Waals surface area (Å²) < 4.78 is 5.48. The summed E-state index contributed by atoms with van der Waals surface area (Å²) in [6, 6.07) is 19.4. The molecule has 0 amide bonds. The quantitative estimate of drug-likeness (QED) is 0.822. The fourth-order valence-electron chi connectivity index (χ4n) is 2.56. The van der Waals surface area contributed by atoms with Crippen LogP contribution >= 0.6 is 0 Å². The van der Waals surface area contributed by atoms with E-state index in [0.29, 0.717) is 12.6 Å². The van der Waals surface area contributed by atoms with E-state index in [1.165, 1.54) is 18.4 Å². The van der Waals surface area contributed by atoms with E-state index in [1.54, 1.807) is 0 Å². The Morgan fingerprint density at radius 3 is 2.35 bits per heavy atom. The molecule has 1 aliphatic carbocycles. The molecule has 1 fully saturated rings. The Morgan fingerprint density at radius 2 is 1.75 bits per heavy atom. The van der Waals surface area contributed by atoms with E-state index >= 15 is 0 Å². The smallest absolute Gasteiger partial charge is 0.119 e. The minimum absolute atomic E-state index is 0.425. The Balaban J connectivity index is 1.73. The largest absolute Gasteiger partial charge is 0.494 e. The second-order valence-electron chi connectivity index (χ2n) is 5.33. The van der Waals surface area contributed by atoms with Gasteiger partial charge in [0, 0.05) is 5.69 Å². The molecule has 1 N–H and O–H groups in total. The Hall–Kier alpha value is -1.96. The zero-order chi connectivity index (χ0) is 13.8. The molecule has 0 radical (unpaired) electrons. The zero-order valence-corrected chi connectivity index (χ0v) is 11.9. The van der Waals surface area contributed by atoms with Crippen LogP contribution in [0.5, 0.6) is 5.75 Å². The second kappa shape index (κ2) is 6.00. The van der Waals surface area contributed by atoms with Gasteiger partial charge in [-0.15, -0.1) is 0 Å². The molecule has 2 aromatic carbocycles. The highest BCUT2D eigenvalue weighted by Crippen LogP contribution is 2.42. The summed E-state index contributed by atoms with van der Waals surface area (Å²) in [6.45, 7) is 2.71. The summed E-state index contributed by atoms with van der Waals surface area (Å²) in [4.78, 5) is 0. The number of nitrogens with one attached hydrogen (secondary N) is 1. The van der Waals surface area contributed by atoms with Gasteiger partial charge in [0.05, 0.1) is 12.6 Å². The summed E-state index contributed by atoms with van der Waals surface area (Å²) >= 11 is 0. The van der Waals surface area contributed by atoms with Crippen molar-refractivity contribution < 1.29 is 4.74 Å². The van der Waals surface area contributed by atoms with Crippen molar-refractivity contribution in [2.75, 3.05) is 11.9 Å². The summed E-state index contributed by atoms with van der Waals surface area (Å²) in [6.07, 6.45) is 2.65. The fourth-order valence-corrected chi connectivity index (χ4v) is 2.56. The highest BCUT2D eigenvalue weighted by molar-refractivity contribution is 5.48. The van der Waals surface area contributed by atoms with Crippen molar-refractivity contribution >= 4 is 5.69 Å². The number of rotatable bonds is 6. The van der Waals surface area contributed by atoms with Crippen molar-refractivity contribution in [1.29, 1.82) is 0 Å². The van der Waals surface area contributed by atoms with Gasteiger partial charge in [-0.25, -0.2) is 0 Å². The molecule has 1 unspecified atom stereocenters. The van der Waals surface area contributed by atoms with Crippen LogP contribution in [0, 0.1) is 5.92 Å². The summed E-state index contributed by atoms with van der Waals surface area (Å²) in [5.41, 5.74) is 2.54. The van der Waals surface area contributed by atoms with Gasteiger partial charge in [0.15, 0.2) is 0 Å². The lowest BCUT2D eigenvalue weighted by Gasteiger charge is -2.20. The maximum absolute atomic E-state index is 5.48. The highest BCUT2D eigenvalue weighted by Gasteiger charge is 2.32. The van der Waals surface area contributed by atoms with Gasteiger partial charge in [-0.1, -0.05) is 30.3 Å². The third kappa shape index (κ3) is 3.13. The normalized spacial score (nSPS) is 15.7. The fraction of sp³-hybridized carbons (Fsp3) is 0.333. The van der Waals surface area contributed by atoms with Crippen molar-refractivity contribution in [3.8, 4) is 5.75 Å². The third-order valence-corrected chi connectivity index (χ3v) is 3.74. The van der Waals surface area contributed by atoms with E-state index in [4.69, 9.17) is 4.74 Å². The molecule has 2 nitrogen and oxygen atoms in total. The SMILES string of the molecule is CCOc1ccc(NC(c2ccccc2)C2CC2)cc1. The van der Waals surface area contributed by atoms with Crippen molar-refractivity contribution in [3.05, 3.63) is 60.2 Å². The summed E-state index contributed by atoms with van der Waals surface area (Å²) in [7, 11) is 0. The van der Waals surface area contributed by atoms with Crippen molar-refractivity contribution in [3.63, 3.8) is 0 Å². The first-order chi connectivity index (χ1) is 9.86. The number of anilines is 1. The van der Waals surface area contributed by atoms with Gasteiger partial charge >= 0.3 is 0 Å². The first-order valence-corrected chi connectivity index (χ1v) is 7.41. The molecule has 104 valence electrons. The first-order valence-electron chi connectivity index (χ1n) is 7.41. The van der Waals surface area contributed by atoms with Gasteiger partial charge in [-0.05, 0) is 55.5 Å². The molecule has 1 atom stereocenters. The van der Waals surface area contributed by atoms with E-state index in [-0.39, 0.29) is 0 Å². The molecule has 3 rings (SSSR count). The molecule has 0 aromatic heterocycles. The van der Waals surface area contributed by atoms with Gasteiger partial charge < -0.3 is 10.1 Å². The third-order valence-electron chi connectivity index (χ3n) is 3.74. The number of hydrogen-bond donors (Lipinski definition) is 1. The van der Waals surface area contributed by atoms with Crippen LogP contribution in [0.4, 0.5) is 5.69 Å². The molecule has 0 bridgehead atoms. The van der Waals surface area contributed by atoms with Crippen LogP contribution in [-0.2, 0) is 0 Å². The zero-order valence-electron chi connectivity index (χ0n) is 11.9. The Bertz CT molecular complexity index is 531. The molecule has 0 aliphatic heterocycles. The van der Waals surface area contributed by atoms with Crippen LogP contribution in [0.25, 0.3) is 0 Å². The molecule has 0 saturated heterocycles. The molecule has 1 aliphatic rings. The molecular weight excluding hydrogens is 246 g/mol. The van der Waals surface area contributed by atoms with Crippen LogP contribution in [0.1, 0.15) is 31.4 Å². The molecule has 1 saturated carbocycles. The van der Waals surface area contributed by atoms with Crippen LogP contribution in [0.15, 0.2) is 54.6 Å². The summed E-state index contributed by atoms with van der Waals surface area (Å²) in [5, 5.41) is 3.67. The van der Waals surface area contributed by atoms with Crippen molar-refractivity contribution in [2.24, 2.45) is 5.92 Å². The van der Waals surface area contributed by atoms with Gasteiger partial charge in [-0.3, -0.25) is 0 Å². The topological polar surface area (TPSA) is 21.3 Å². The predicted molar refractivity (Wildman–Crippen MR) is 83.1 cm³/mol. The lowest BCUT2D eigenvalue weighted by Crippen LogP contribution is -2.12. The van der Waals surface area contributed by atoms with Crippen LogP contribution in [-0.4, -0.2) is 6.61 Å². The van der Waals surface area contributed by atoms with Gasteiger partial charge in [0.2, 0.25) is 0 Å². The highest BCUT2D eigenvalue weighted by atomic mass is 16.5. The van der Waals surface area contributed by atoms with Gasteiger partial charge in [0.1, 0.15) is 5.75 Å². The predicted octanol–water partition coefficient (Wildman–Crippen LogP) is 4.65. The Morgan fingerprint density at radius 1 is 1.05 bits per heavy atom. The maximum atomic E-state index is 5.48. The molecule has 2 heteroatoms.